The van der Waals surface area contributed by atoms with Gasteiger partial charge in [0.25, 0.3) is 5.56 Å². The number of hydrogen-bond acceptors (Lipinski definition) is 9. The van der Waals surface area contributed by atoms with Crippen molar-refractivity contribution in [3.8, 4) is 23.0 Å². The average molecular weight is 632 g/mol. The largest absolute Gasteiger partial charge is 0.496 e. The van der Waals surface area contributed by atoms with E-state index in [1.165, 1.54) is 32.7 Å². The van der Waals surface area contributed by atoms with E-state index in [0.29, 0.717) is 61.1 Å². The number of ether oxygens (including phenoxy) is 5. The van der Waals surface area contributed by atoms with E-state index < -0.39 is 12.0 Å². The summed E-state index contributed by atoms with van der Waals surface area (Å²) in [5, 5.41) is 0. The Hall–Kier alpha value is -3.57. The SMILES string of the molecule is CCCC1=C(C(=O)OCC)[C@H](c2cc(Br)ccc2OC)n2c(s/c(=C/c3cc(OC)c(OC)c(OC)c3)c2=O)=N1. The Kier molecular flexibility index (Phi) is 9.36. The van der Waals surface area contributed by atoms with Gasteiger partial charge in [-0.3, -0.25) is 9.36 Å². The normalized spacial score (nSPS) is 14.9. The highest BCUT2D eigenvalue weighted by Crippen LogP contribution is 2.39. The second-order valence-corrected chi connectivity index (χ2v) is 10.7. The van der Waals surface area contributed by atoms with Crippen LogP contribution in [0.3, 0.4) is 0 Å². The van der Waals surface area contributed by atoms with E-state index in [2.05, 4.69) is 15.9 Å². The van der Waals surface area contributed by atoms with Crippen LogP contribution in [0.1, 0.15) is 43.9 Å². The molecule has 0 N–H and O–H groups in total. The maximum atomic E-state index is 14.1. The lowest BCUT2D eigenvalue weighted by Crippen LogP contribution is -2.40. The first-order chi connectivity index (χ1) is 19.3. The number of allylic oxidation sites excluding steroid dienone is 1. The van der Waals surface area contributed by atoms with E-state index in [4.69, 9.17) is 28.7 Å². The lowest BCUT2D eigenvalue weighted by molar-refractivity contribution is -0.139. The van der Waals surface area contributed by atoms with Gasteiger partial charge in [0.15, 0.2) is 16.3 Å². The molecule has 1 aliphatic heterocycles. The first-order valence-corrected chi connectivity index (χ1v) is 14.3. The van der Waals surface area contributed by atoms with Crippen LogP contribution in [0.4, 0.5) is 0 Å². The average Bonchev–Trinajstić information content (AvgIpc) is 3.25. The van der Waals surface area contributed by atoms with Crippen LogP contribution in [-0.2, 0) is 9.53 Å². The van der Waals surface area contributed by atoms with Crippen LogP contribution in [0.2, 0.25) is 0 Å². The van der Waals surface area contributed by atoms with Gasteiger partial charge in [-0.2, -0.15) is 0 Å². The third-order valence-corrected chi connectivity index (χ3v) is 7.84. The summed E-state index contributed by atoms with van der Waals surface area (Å²) in [5.74, 6) is 1.40. The van der Waals surface area contributed by atoms with Crippen molar-refractivity contribution in [2.75, 3.05) is 35.0 Å². The second-order valence-electron chi connectivity index (χ2n) is 8.76. The highest BCUT2D eigenvalue weighted by atomic mass is 79.9. The van der Waals surface area contributed by atoms with Gasteiger partial charge in [0.2, 0.25) is 5.75 Å². The minimum Gasteiger partial charge on any atom is -0.496 e. The molecule has 0 radical (unpaired) electrons. The molecule has 0 spiro atoms. The smallest absolute Gasteiger partial charge is 0.338 e. The Bertz CT molecular complexity index is 1620. The minimum atomic E-state index is -0.800. The summed E-state index contributed by atoms with van der Waals surface area (Å²) in [7, 11) is 6.16. The summed E-state index contributed by atoms with van der Waals surface area (Å²) in [5.41, 5.74) is 1.93. The van der Waals surface area contributed by atoms with Gasteiger partial charge < -0.3 is 23.7 Å². The van der Waals surface area contributed by atoms with Gasteiger partial charge in [-0.1, -0.05) is 40.6 Å². The van der Waals surface area contributed by atoms with Gasteiger partial charge in [-0.05, 0) is 55.3 Å². The summed E-state index contributed by atoms with van der Waals surface area (Å²) in [4.78, 5) is 32.8. The number of carbonyl (C=O) groups excluding carboxylic acids is 1. The molecule has 3 aromatic rings. The molecule has 0 amide bonds. The van der Waals surface area contributed by atoms with Crippen molar-refractivity contribution in [1.82, 2.24) is 4.57 Å². The Morgan fingerprint density at radius 1 is 1.02 bits per heavy atom. The molecule has 9 nitrogen and oxygen atoms in total. The topological polar surface area (TPSA) is 97.6 Å². The Balaban J connectivity index is 2.04. The molecule has 2 heterocycles. The zero-order chi connectivity index (χ0) is 29.0. The lowest BCUT2D eigenvalue weighted by atomic mass is 9.93. The fourth-order valence-electron chi connectivity index (χ4n) is 4.67. The monoisotopic (exact) mass is 630 g/mol. The van der Waals surface area contributed by atoms with Gasteiger partial charge in [0.1, 0.15) is 11.8 Å². The number of carbonyl (C=O) groups is 1. The number of methoxy groups -OCH3 is 4. The van der Waals surface area contributed by atoms with Crippen LogP contribution in [0.15, 0.2) is 55.9 Å². The van der Waals surface area contributed by atoms with Gasteiger partial charge in [0, 0.05) is 10.0 Å². The first-order valence-electron chi connectivity index (χ1n) is 12.7. The third kappa shape index (κ3) is 5.53. The molecular weight excluding hydrogens is 600 g/mol. The lowest BCUT2D eigenvalue weighted by Gasteiger charge is -2.27. The summed E-state index contributed by atoms with van der Waals surface area (Å²) < 4.78 is 30.3. The Morgan fingerprint density at radius 3 is 2.27 bits per heavy atom. The molecular formula is C29H31BrN2O7S. The van der Waals surface area contributed by atoms with Crippen molar-refractivity contribution in [2.45, 2.75) is 32.7 Å². The van der Waals surface area contributed by atoms with Crippen LogP contribution in [0.5, 0.6) is 23.0 Å². The predicted molar refractivity (Wildman–Crippen MR) is 156 cm³/mol. The second kappa shape index (κ2) is 12.7. The highest BCUT2D eigenvalue weighted by Gasteiger charge is 2.36. The number of nitrogens with zero attached hydrogens (tertiary/aromatic N) is 2. The Morgan fingerprint density at radius 2 is 1.70 bits per heavy atom. The van der Waals surface area contributed by atoms with Crippen molar-refractivity contribution in [2.24, 2.45) is 4.99 Å². The molecule has 0 saturated carbocycles. The van der Waals surface area contributed by atoms with Gasteiger partial charge in [0.05, 0.1) is 50.8 Å². The fraction of sp³-hybridized carbons (Fsp3) is 0.345. The van der Waals surface area contributed by atoms with Crippen LogP contribution < -0.4 is 33.8 Å². The molecule has 11 heteroatoms. The molecule has 2 aromatic carbocycles. The molecule has 4 rings (SSSR count). The molecule has 0 bridgehead atoms. The van der Waals surface area contributed by atoms with Crippen molar-refractivity contribution >= 4 is 39.3 Å². The molecule has 40 heavy (non-hydrogen) atoms. The van der Waals surface area contributed by atoms with E-state index in [-0.39, 0.29) is 12.2 Å². The van der Waals surface area contributed by atoms with Gasteiger partial charge >= 0.3 is 5.97 Å². The summed E-state index contributed by atoms with van der Waals surface area (Å²) >= 11 is 4.78. The van der Waals surface area contributed by atoms with Gasteiger partial charge in [-0.15, -0.1) is 0 Å². The fourth-order valence-corrected chi connectivity index (χ4v) is 6.07. The number of aromatic nitrogens is 1. The molecule has 0 saturated heterocycles. The van der Waals surface area contributed by atoms with Crippen molar-refractivity contribution in [1.29, 1.82) is 0 Å². The van der Waals surface area contributed by atoms with Crippen molar-refractivity contribution in [3.63, 3.8) is 0 Å². The van der Waals surface area contributed by atoms with E-state index in [1.54, 1.807) is 42.9 Å². The summed E-state index contributed by atoms with van der Waals surface area (Å²) in [6.45, 7) is 3.95. The Labute approximate surface area is 244 Å². The van der Waals surface area contributed by atoms with E-state index in [1.807, 2.05) is 19.1 Å². The predicted octanol–water partition coefficient (Wildman–Crippen LogP) is 4.38. The number of fused-ring (bicyclic) bond motifs is 1. The number of halogens is 1. The highest BCUT2D eigenvalue weighted by molar-refractivity contribution is 9.10. The third-order valence-electron chi connectivity index (χ3n) is 6.36. The van der Waals surface area contributed by atoms with E-state index in [9.17, 15) is 9.59 Å². The molecule has 1 aliphatic rings. The molecule has 0 aliphatic carbocycles. The molecule has 212 valence electrons. The van der Waals surface area contributed by atoms with Crippen LogP contribution in [-0.4, -0.2) is 45.6 Å². The number of hydrogen-bond donors (Lipinski definition) is 0. The zero-order valence-electron chi connectivity index (χ0n) is 23.2. The molecule has 1 aromatic heterocycles. The maximum Gasteiger partial charge on any atom is 0.338 e. The maximum absolute atomic E-state index is 14.1. The number of rotatable bonds is 10. The van der Waals surface area contributed by atoms with E-state index in [0.717, 1.165) is 10.9 Å². The van der Waals surface area contributed by atoms with Crippen LogP contribution in [0, 0.1) is 0 Å². The van der Waals surface area contributed by atoms with Crippen LogP contribution in [0.25, 0.3) is 6.08 Å². The number of esters is 1. The van der Waals surface area contributed by atoms with E-state index >= 15 is 0 Å². The first kappa shape index (κ1) is 29.4. The zero-order valence-corrected chi connectivity index (χ0v) is 25.6. The van der Waals surface area contributed by atoms with Crippen molar-refractivity contribution in [3.05, 3.63) is 76.9 Å². The van der Waals surface area contributed by atoms with Crippen LogP contribution >= 0.6 is 27.3 Å². The summed E-state index contributed by atoms with van der Waals surface area (Å²) in [6.07, 6.45) is 3.04. The molecule has 0 unspecified atom stereocenters. The quantitative estimate of drug-likeness (QED) is 0.307. The van der Waals surface area contributed by atoms with Crippen molar-refractivity contribution < 1.29 is 28.5 Å². The molecule has 0 fully saturated rings. The standard InChI is InChI=1S/C29H31BrN2O7S/c1-7-9-19-24(28(34)39-8-2)25(18-15-17(30)10-11-20(18)35-3)32-27(33)23(40-29(32)31-19)14-16-12-21(36-4)26(38-6)22(13-16)37-5/h10-15,25H,7-9H2,1-6H3/b23-14+/t25-/m0/s1. The minimum absolute atomic E-state index is 0.190. The van der Waals surface area contributed by atoms with Gasteiger partial charge in [-0.25, -0.2) is 9.79 Å². The number of benzene rings is 2. The molecule has 1 atom stereocenters. The summed E-state index contributed by atoms with van der Waals surface area (Å²) in [6, 6.07) is 8.23. The number of thiazole rings is 1.